The molecule has 0 radical (unpaired) electrons. The maximum absolute atomic E-state index is 11.4. The van der Waals surface area contributed by atoms with Crippen LogP contribution < -0.4 is 5.11 Å². The molecule has 0 aromatic rings. The van der Waals surface area contributed by atoms with E-state index in [1.54, 1.807) is 0 Å². The summed E-state index contributed by atoms with van der Waals surface area (Å²) in [7, 11) is -6.42. The Morgan fingerprint density at radius 3 is 1.64 bits per heavy atom. The smallest absolute Gasteiger partial charge is 0.518 e. The summed E-state index contributed by atoms with van der Waals surface area (Å²) in [6.07, 6.45) is -5.75. The lowest BCUT2D eigenvalue weighted by atomic mass is 10.7. The molecule has 0 aromatic carbocycles. The second kappa shape index (κ2) is 3.29. The lowest BCUT2D eigenvalue weighted by molar-refractivity contribution is -0.262. The molecular weight excluding hydrogens is 244 g/mol. The van der Waals surface area contributed by atoms with E-state index in [9.17, 15) is 39.9 Å². The normalized spacial score (nSPS) is 15.7. The molecule has 11 heteroatoms. The van der Waals surface area contributed by atoms with E-state index >= 15 is 0 Å². The fourth-order valence-corrected chi connectivity index (χ4v) is 0.638. The van der Waals surface area contributed by atoms with Crippen LogP contribution in [0.5, 0.6) is 0 Å². The van der Waals surface area contributed by atoms with Gasteiger partial charge in [0.05, 0.1) is 5.90 Å². The van der Waals surface area contributed by atoms with E-state index in [4.69, 9.17) is 0 Å². The van der Waals surface area contributed by atoms with Gasteiger partial charge in [0.25, 0.3) is 0 Å². The van der Waals surface area contributed by atoms with Crippen LogP contribution in [0.2, 0.25) is 0 Å². The second-order valence-corrected chi connectivity index (χ2v) is 3.41. The van der Waals surface area contributed by atoms with E-state index in [1.807, 2.05) is 0 Å². The summed E-state index contributed by atoms with van der Waals surface area (Å²) < 4.78 is 88.8. The highest BCUT2D eigenvalue weighted by Gasteiger charge is 2.47. The Morgan fingerprint density at radius 2 is 1.43 bits per heavy atom. The van der Waals surface area contributed by atoms with Gasteiger partial charge in [0, 0.05) is 0 Å². The summed E-state index contributed by atoms with van der Waals surface area (Å²) in [4.78, 5) is 0. The number of rotatable bonds is 1. The lowest BCUT2D eigenvalue weighted by Gasteiger charge is -2.14. The molecule has 84 valence electrons. The van der Waals surface area contributed by atoms with Crippen molar-refractivity contribution < 1.29 is 39.9 Å². The summed E-state index contributed by atoms with van der Waals surface area (Å²) in [6, 6.07) is 0. The molecule has 0 amide bonds. The van der Waals surface area contributed by atoms with E-state index in [-0.39, 0.29) is 0 Å². The molecule has 0 aliphatic rings. The Morgan fingerprint density at radius 1 is 1.07 bits per heavy atom. The van der Waals surface area contributed by atoms with E-state index in [1.165, 1.54) is 0 Å². The van der Waals surface area contributed by atoms with Crippen molar-refractivity contribution >= 4 is 15.9 Å². The second-order valence-electron chi connectivity index (χ2n) is 1.82. The van der Waals surface area contributed by atoms with Crippen LogP contribution in [0.25, 0.3) is 0 Å². The maximum atomic E-state index is 11.4. The van der Waals surface area contributed by atoms with Gasteiger partial charge in [-0.3, -0.25) is 0 Å². The highest BCUT2D eigenvalue weighted by molar-refractivity contribution is 7.91. The zero-order valence-corrected chi connectivity index (χ0v) is 6.66. The van der Waals surface area contributed by atoms with Crippen molar-refractivity contribution in [1.29, 1.82) is 0 Å². The molecule has 0 aliphatic carbocycles. The minimum absolute atomic E-state index is 1.03. The van der Waals surface area contributed by atoms with Crippen molar-refractivity contribution in [2.45, 2.75) is 11.7 Å². The molecule has 0 rings (SSSR count). The highest BCUT2D eigenvalue weighted by atomic mass is 32.2. The predicted molar refractivity (Wildman–Crippen MR) is 28.5 cm³/mol. The molecule has 14 heavy (non-hydrogen) atoms. The fourth-order valence-electron chi connectivity index (χ4n) is 0.213. The van der Waals surface area contributed by atoms with Crippen molar-refractivity contribution in [2.75, 3.05) is 0 Å². The molecule has 0 heterocycles. The van der Waals surface area contributed by atoms with Crippen LogP contribution in [0, 0.1) is 0 Å². The molecule has 0 spiro atoms. The average Bonchev–Trinajstić information content (AvgIpc) is 1.80. The van der Waals surface area contributed by atoms with Crippen LogP contribution in [-0.2, 0) is 10.0 Å². The standard InChI is InChI=1S/C3HF6NO3S/c4-2(5,6)1(11)10-14(12,13)3(7,8)9/h(H,10,11)/p-1. The van der Waals surface area contributed by atoms with Crippen molar-refractivity contribution in [3.05, 3.63) is 0 Å². The summed E-state index contributed by atoms with van der Waals surface area (Å²) >= 11 is 0. The van der Waals surface area contributed by atoms with E-state index in [2.05, 4.69) is 0 Å². The van der Waals surface area contributed by atoms with Crippen LogP contribution in [0.4, 0.5) is 26.3 Å². The largest absolute Gasteiger partial charge is 0.855 e. The minimum Gasteiger partial charge on any atom is -0.855 e. The number of nitrogens with zero attached hydrogens (tertiary/aromatic N) is 1. The van der Waals surface area contributed by atoms with Crippen LogP contribution in [-0.4, -0.2) is 26.0 Å². The third-order valence-electron chi connectivity index (χ3n) is 0.738. The van der Waals surface area contributed by atoms with Crippen LogP contribution in [0.3, 0.4) is 0 Å². The van der Waals surface area contributed by atoms with Crippen molar-refractivity contribution in [1.82, 2.24) is 0 Å². The fraction of sp³-hybridized carbons (Fsp3) is 0.667. The Hall–Kier alpha value is -1.00. The van der Waals surface area contributed by atoms with Gasteiger partial charge in [-0.2, -0.15) is 39.2 Å². The Labute approximate surface area is 72.9 Å². The average molecular weight is 244 g/mol. The maximum Gasteiger partial charge on any atom is 0.518 e. The summed E-state index contributed by atoms with van der Waals surface area (Å²) in [5.74, 6) is -3.32. The van der Waals surface area contributed by atoms with Crippen molar-refractivity contribution in [3.63, 3.8) is 0 Å². The van der Waals surface area contributed by atoms with E-state index < -0.39 is 27.6 Å². The first-order valence-corrected chi connectivity index (χ1v) is 3.97. The third-order valence-corrected chi connectivity index (χ3v) is 1.73. The molecule has 0 saturated heterocycles. The molecular formula is C3F6NO3S-. The lowest BCUT2D eigenvalue weighted by Crippen LogP contribution is -2.37. The Bertz CT molecular complexity index is 336. The first-order chi connectivity index (χ1) is 5.88. The zero-order chi connectivity index (χ0) is 11.8. The van der Waals surface area contributed by atoms with Gasteiger partial charge in [0.15, 0.2) is 0 Å². The van der Waals surface area contributed by atoms with E-state index in [0.717, 1.165) is 4.40 Å². The topological polar surface area (TPSA) is 69.6 Å². The number of halogens is 6. The Kier molecular flexibility index (Phi) is 3.06. The molecule has 0 atom stereocenters. The third kappa shape index (κ3) is 3.05. The van der Waals surface area contributed by atoms with Gasteiger partial charge >= 0.3 is 21.7 Å². The molecule has 0 aliphatic heterocycles. The number of hydrogen-bond acceptors (Lipinski definition) is 3. The van der Waals surface area contributed by atoms with Gasteiger partial charge in [-0.05, 0) is 0 Å². The number of sulfonamides is 1. The molecule has 0 bridgehead atoms. The van der Waals surface area contributed by atoms with Crippen molar-refractivity contribution in [2.24, 2.45) is 4.40 Å². The molecule has 4 nitrogen and oxygen atoms in total. The first kappa shape index (κ1) is 13.0. The summed E-state index contributed by atoms with van der Waals surface area (Å²) in [5, 5.41) is 9.76. The molecule has 0 N–H and O–H groups in total. The SMILES string of the molecule is O=S(=O)(/N=C(\[O-])C(F)(F)F)C(F)(F)F. The summed E-state index contributed by atoms with van der Waals surface area (Å²) in [5.41, 5.74) is -6.02. The van der Waals surface area contributed by atoms with Crippen LogP contribution in [0.1, 0.15) is 0 Å². The monoisotopic (exact) mass is 244 g/mol. The molecule has 0 fully saturated rings. The van der Waals surface area contributed by atoms with Crippen molar-refractivity contribution in [3.8, 4) is 0 Å². The molecule has 0 unspecified atom stereocenters. The van der Waals surface area contributed by atoms with Crippen LogP contribution >= 0.6 is 0 Å². The van der Waals surface area contributed by atoms with E-state index in [0.29, 0.717) is 0 Å². The van der Waals surface area contributed by atoms with Crippen LogP contribution in [0.15, 0.2) is 4.40 Å². The predicted octanol–water partition coefficient (Wildman–Crippen LogP) is 0.157. The molecule has 0 saturated carbocycles. The van der Waals surface area contributed by atoms with Gasteiger partial charge < -0.3 is 5.11 Å². The number of hydrogen-bond donors (Lipinski definition) is 0. The quantitative estimate of drug-likeness (QED) is 0.374. The number of alkyl halides is 6. The van der Waals surface area contributed by atoms with Gasteiger partial charge in [-0.15, -0.1) is 0 Å². The minimum atomic E-state index is -6.42. The zero-order valence-electron chi connectivity index (χ0n) is 5.85. The van der Waals surface area contributed by atoms with Gasteiger partial charge in [0.2, 0.25) is 0 Å². The Balaban J connectivity index is 5.23. The first-order valence-electron chi connectivity index (χ1n) is 2.53. The highest BCUT2D eigenvalue weighted by Crippen LogP contribution is 2.26. The van der Waals surface area contributed by atoms with Gasteiger partial charge in [-0.25, -0.2) is 0 Å². The summed E-state index contributed by atoms with van der Waals surface area (Å²) in [6.45, 7) is 0. The van der Waals surface area contributed by atoms with Gasteiger partial charge in [-0.1, -0.05) is 0 Å². The molecule has 0 aromatic heterocycles. The van der Waals surface area contributed by atoms with Gasteiger partial charge in [0.1, 0.15) is 0 Å².